The van der Waals surface area contributed by atoms with Gasteiger partial charge in [-0.15, -0.1) is 0 Å². The van der Waals surface area contributed by atoms with Gasteiger partial charge in [-0.2, -0.15) is 18.3 Å². The number of rotatable bonds is 5. The molecule has 0 saturated carbocycles. The number of aryl methyl sites for hydroxylation is 1. The van der Waals surface area contributed by atoms with Crippen LogP contribution in [0.2, 0.25) is 0 Å². The van der Waals surface area contributed by atoms with Gasteiger partial charge in [-0.1, -0.05) is 25.1 Å². The van der Waals surface area contributed by atoms with Crippen molar-refractivity contribution in [1.29, 1.82) is 0 Å². The highest BCUT2D eigenvalue weighted by Gasteiger charge is 2.31. The van der Waals surface area contributed by atoms with Crippen LogP contribution in [0.5, 0.6) is 0 Å². The summed E-state index contributed by atoms with van der Waals surface area (Å²) in [6.07, 6.45) is -3.65. The van der Waals surface area contributed by atoms with Gasteiger partial charge < -0.3 is 10.6 Å². The van der Waals surface area contributed by atoms with Crippen molar-refractivity contribution < 1.29 is 22.8 Å². The van der Waals surface area contributed by atoms with Crippen molar-refractivity contribution in [3.8, 4) is 11.3 Å². The zero-order valence-corrected chi connectivity index (χ0v) is 14.6. The second-order valence-electron chi connectivity index (χ2n) is 6.44. The molecule has 2 N–H and O–H groups in total. The number of hydrogen-bond acceptors (Lipinski definition) is 3. The topological polar surface area (TPSA) is 76.0 Å². The summed E-state index contributed by atoms with van der Waals surface area (Å²) < 4.78 is 39.7. The molecule has 1 aromatic heterocycles. The number of anilines is 1. The second-order valence-corrected chi connectivity index (χ2v) is 6.44. The van der Waals surface area contributed by atoms with Crippen molar-refractivity contribution in [3.05, 3.63) is 35.9 Å². The monoisotopic (exact) mass is 380 g/mol. The molecule has 1 fully saturated rings. The second kappa shape index (κ2) is 7.42. The maximum Gasteiger partial charge on any atom is 0.408 e. The molecule has 0 radical (unpaired) electrons. The Morgan fingerprint density at radius 2 is 2.15 bits per heavy atom. The Bertz CT molecular complexity index is 861. The summed E-state index contributed by atoms with van der Waals surface area (Å²) in [5.41, 5.74) is 1.83. The van der Waals surface area contributed by atoms with Gasteiger partial charge in [0.15, 0.2) is 5.82 Å². The molecular formula is C18H19F3N4O2. The molecule has 1 aliphatic rings. The van der Waals surface area contributed by atoms with Gasteiger partial charge in [0, 0.05) is 24.6 Å². The van der Waals surface area contributed by atoms with Gasteiger partial charge in [0.2, 0.25) is 11.8 Å². The highest BCUT2D eigenvalue weighted by Crippen LogP contribution is 2.28. The fourth-order valence-corrected chi connectivity index (χ4v) is 2.97. The average Bonchev–Trinajstić information content (AvgIpc) is 3.20. The number of hydrogen-bond donors (Lipinski definition) is 2. The summed E-state index contributed by atoms with van der Waals surface area (Å²) in [5.74, 6) is -1.20. The fourth-order valence-electron chi connectivity index (χ4n) is 2.97. The van der Waals surface area contributed by atoms with E-state index >= 15 is 0 Å². The summed E-state index contributed by atoms with van der Waals surface area (Å²) >= 11 is 0. The van der Waals surface area contributed by atoms with Crippen LogP contribution < -0.4 is 10.6 Å². The normalized spacial score (nSPS) is 17.0. The number of carbonyl (C=O) groups is 2. The number of amides is 2. The molecule has 0 unspecified atom stereocenters. The van der Waals surface area contributed by atoms with Gasteiger partial charge in [-0.05, 0) is 18.1 Å². The van der Waals surface area contributed by atoms with E-state index in [-0.39, 0.29) is 30.4 Å². The zero-order valence-electron chi connectivity index (χ0n) is 14.6. The van der Waals surface area contributed by atoms with Crippen LogP contribution >= 0.6 is 0 Å². The molecule has 6 nitrogen and oxygen atoms in total. The maximum atomic E-state index is 12.9. The highest BCUT2D eigenvalue weighted by molar-refractivity contribution is 5.96. The minimum atomic E-state index is -4.45. The van der Waals surface area contributed by atoms with Gasteiger partial charge in [0.05, 0.1) is 11.6 Å². The smallest absolute Gasteiger partial charge is 0.355 e. The Balaban J connectivity index is 1.89. The average molecular weight is 380 g/mol. The van der Waals surface area contributed by atoms with E-state index in [0.717, 1.165) is 16.7 Å². The van der Waals surface area contributed by atoms with Crippen LogP contribution in [0.4, 0.5) is 19.0 Å². The maximum absolute atomic E-state index is 12.9. The molecule has 1 atom stereocenters. The predicted molar refractivity (Wildman–Crippen MR) is 92.8 cm³/mol. The van der Waals surface area contributed by atoms with E-state index in [2.05, 4.69) is 15.7 Å². The third-order valence-electron chi connectivity index (χ3n) is 4.34. The highest BCUT2D eigenvalue weighted by atomic mass is 19.4. The number of aromatic nitrogens is 2. The lowest BCUT2D eigenvalue weighted by molar-refractivity contribution is -0.142. The first-order valence-corrected chi connectivity index (χ1v) is 8.56. The van der Waals surface area contributed by atoms with Crippen molar-refractivity contribution in [2.45, 2.75) is 32.5 Å². The number of halogens is 3. The number of nitrogens with zero attached hydrogens (tertiary/aromatic N) is 2. The van der Waals surface area contributed by atoms with Gasteiger partial charge >= 0.3 is 6.18 Å². The van der Waals surface area contributed by atoms with E-state index in [9.17, 15) is 22.8 Å². The number of nitrogens with one attached hydrogen (secondary N) is 2. The van der Waals surface area contributed by atoms with E-state index < -0.39 is 24.5 Å². The summed E-state index contributed by atoms with van der Waals surface area (Å²) in [7, 11) is 0. The molecule has 3 rings (SSSR count). The van der Waals surface area contributed by atoms with E-state index in [1.54, 1.807) is 18.2 Å². The van der Waals surface area contributed by atoms with Crippen LogP contribution in [0.3, 0.4) is 0 Å². The summed E-state index contributed by atoms with van der Waals surface area (Å²) in [5, 5.41) is 8.98. The largest absolute Gasteiger partial charge is 0.408 e. The molecule has 2 amide bonds. The number of alkyl halides is 3. The Morgan fingerprint density at radius 1 is 1.37 bits per heavy atom. The molecule has 2 heterocycles. The lowest BCUT2D eigenvalue weighted by atomic mass is 10.1. The van der Waals surface area contributed by atoms with Gasteiger partial charge in [0.1, 0.15) is 6.54 Å². The minimum absolute atomic E-state index is 0.0282. The van der Waals surface area contributed by atoms with E-state index in [1.165, 1.54) is 6.07 Å². The lowest BCUT2D eigenvalue weighted by Gasteiger charge is -2.11. The first-order chi connectivity index (χ1) is 12.7. The van der Waals surface area contributed by atoms with Crippen LogP contribution in [0, 0.1) is 5.92 Å². The summed E-state index contributed by atoms with van der Waals surface area (Å²) in [6.45, 7) is 0.895. The van der Waals surface area contributed by atoms with Crippen LogP contribution in [0.15, 0.2) is 30.3 Å². The van der Waals surface area contributed by atoms with Crippen molar-refractivity contribution in [2.75, 3.05) is 11.9 Å². The Kier molecular flexibility index (Phi) is 5.20. The molecule has 0 spiro atoms. The molecule has 2 aromatic rings. The Labute approximate surface area is 153 Å². The molecular weight excluding hydrogens is 361 g/mol. The first-order valence-electron chi connectivity index (χ1n) is 8.56. The number of carbonyl (C=O) groups excluding carboxylic acids is 2. The van der Waals surface area contributed by atoms with E-state index in [0.29, 0.717) is 5.56 Å². The predicted octanol–water partition coefficient (Wildman–Crippen LogP) is 2.75. The molecule has 1 aliphatic heterocycles. The molecule has 0 aliphatic carbocycles. The first kappa shape index (κ1) is 18.9. The Hall–Kier alpha value is -2.84. The molecule has 27 heavy (non-hydrogen) atoms. The molecule has 9 heteroatoms. The van der Waals surface area contributed by atoms with Gasteiger partial charge in [-0.25, -0.2) is 0 Å². The Morgan fingerprint density at radius 3 is 2.78 bits per heavy atom. The zero-order chi connectivity index (χ0) is 19.6. The van der Waals surface area contributed by atoms with Crippen LogP contribution in [-0.2, 0) is 22.6 Å². The molecule has 0 bridgehead atoms. The van der Waals surface area contributed by atoms with Gasteiger partial charge in [-0.3, -0.25) is 14.3 Å². The fraction of sp³-hybridized carbons (Fsp3) is 0.389. The van der Waals surface area contributed by atoms with Gasteiger partial charge in [0.25, 0.3) is 0 Å². The van der Waals surface area contributed by atoms with E-state index in [4.69, 9.17) is 0 Å². The number of benzene rings is 1. The lowest BCUT2D eigenvalue weighted by Crippen LogP contribution is -2.25. The molecule has 144 valence electrons. The third-order valence-corrected chi connectivity index (χ3v) is 4.34. The molecule has 1 aromatic carbocycles. The van der Waals surface area contributed by atoms with Crippen molar-refractivity contribution in [3.63, 3.8) is 0 Å². The van der Waals surface area contributed by atoms with Crippen LogP contribution in [0.1, 0.15) is 18.9 Å². The van der Waals surface area contributed by atoms with Crippen molar-refractivity contribution >= 4 is 17.6 Å². The summed E-state index contributed by atoms with van der Waals surface area (Å²) in [4.78, 5) is 23.5. The third kappa shape index (κ3) is 4.66. The molecule has 1 saturated heterocycles. The van der Waals surface area contributed by atoms with Crippen molar-refractivity contribution in [1.82, 2.24) is 15.1 Å². The van der Waals surface area contributed by atoms with Crippen LogP contribution in [-0.4, -0.2) is 34.3 Å². The standard InChI is InChI=1S/C18H19F3N4O2/c1-2-11-4-3-5-12(6-11)14-8-15(24-25(14)10-18(19,20)21)23-17(27)13-7-16(26)22-9-13/h3-6,8,13H,2,7,9-10H2,1H3,(H,22,26)(H,23,24,27)/t13-/m1/s1. The summed E-state index contributed by atoms with van der Waals surface area (Å²) in [6, 6.07) is 8.58. The SMILES string of the molecule is CCc1cccc(-c2cc(NC(=O)[C@H]3CNC(=O)C3)nn2CC(F)(F)F)c1. The van der Waals surface area contributed by atoms with Crippen LogP contribution in [0.25, 0.3) is 11.3 Å². The minimum Gasteiger partial charge on any atom is -0.355 e. The quantitative estimate of drug-likeness (QED) is 0.838. The van der Waals surface area contributed by atoms with Crippen molar-refractivity contribution in [2.24, 2.45) is 5.92 Å². The van der Waals surface area contributed by atoms with E-state index in [1.807, 2.05) is 13.0 Å².